The second-order valence-electron chi connectivity index (χ2n) is 4.60. The SMILES string of the molecule is COc1ccc(C(=O)NCCNC(=O)c2cccnc2)cc1Br. The number of rotatable bonds is 6. The first-order chi connectivity index (χ1) is 11.1. The topological polar surface area (TPSA) is 80.3 Å². The van der Waals surface area contributed by atoms with Crippen LogP contribution in [-0.2, 0) is 0 Å². The summed E-state index contributed by atoms with van der Waals surface area (Å²) in [4.78, 5) is 27.7. The number of hydrogen-bond donors (Lipinski definition) is 2. The van der Waals surface area contributed by atoms with Crippen molar-refractivity contribution in [1.29, 1.82) is 0 Å². The van der Waals surface area contributed by atoms with Crippen LogP contribution < -0.4 is 15.4 Å². The summed E-state index contributed by atoms with van der Waals surface area (Å²) in [5.74, 6) is 0.216. The maximum absolute atomic E-state index is 12.0. The zero-order valence-corrected chi connectivity index (χ0v) is 14.1. The Morgan fingerprint density at radius 1 is 1.13 bits per heavy atom. The molecular formula is C16H16BrN3O3. The number of aromatic nitrogens is 1. The normalized spacial score (nSPS) is 10.0. The fraction of sp³-hybridized carbons (Fsp3) is 0.188. The van der Waals surface area contributed by atoms with E-state index in [9.17, 15) is 9.59 Å². The number of ether oxygens (including phenoxy) is 1. The third-order valence-corrected chi connectivity index (χ3v) is 3.65. The number of carbonyl (C=O) groups excluding carboxylic acids is 2. The fourth-order valence-corrected chi connectivity index (χ4v) is 2.40. The summed E-state index contributed by atoms with van der Waals surface area (Å²) in [5.41, 5.74) is 0.995. The molecule has 2 rings (SSSR count). The van der Waals surface area contributed by atoms with Gasteiger partial charge in [0, 0.05) is 31.0 Å². The molecule has 0 spiro atoms. The Hall–Kier alpha value is -2.41. The van der Waals surface area contributed by atoms with Crippen LogP contribution in [0.1, 0.15) is 20.7 Å². The maximum atomic E-state index is 12.0. The van der Waals surface area contributed by atoms with Crippen LogP contribution in [0.2, 0.25) is 0 Å². The highest BCUT2D eigenvalue weighted by Crippen LogP contribution is 2.25. The minimum Gasteiger partial charge on any atom is -0.496 e. The lowest BCUT2D eigenvalue weighted by atomic mass is 10.2. The van der Waals surface area contributed by atoms with Crippen LogP contribution in [0.15, 0.2) is 47.2 Å². The van der Waals surface area contributed by atoms with Crippen LogP contribution in [0.3, 0.4) is 0 Å². The van der Waals surface area contributed by atoms with Crippen molar-refractivity contribution >= 4 is 27.7 Å². The molecule has 0 aliphatic heterocycles. The highest BCUT2D eigenvalue weighted by atomic mass is 79.9. The van der Waals surface area contributed by atoms with Gasteiger partial charge in [-0.2, -0.15) is 0 Å². The summed E-state index contributed by atoms with van der Waals surface area (Å²) < 4.78 is 5.82. The number of methoxy groups -OCH3 is 1. The first kappa shape index (κ1) is 17.0. The molecule has 0 unspecified atom stereocenters. The van der Waals surface area contributed by atoms with E-state index in [4.69, 9.17) is 4.74 Å². The van der Waals surface area contributed by atoms with E-state index < -0.39 is 0 Å². The molecule has 6 nitrogen and oxygen atoms in total. The third-order valence-electron chi connectivity index (χ3n) is 3.03. The van der Waals surface area contributed by atoms with Crippen LogP contribution in [0.4, 0.5) is 0 Å². The monoisotopic (exact) mass is 377 g/mol. The second kappa shape index (κ2) is 8.28. The van der Waals surface area contributed by atoms with Gasteiger partial charge in [-0.15, -0.1) is 0 Å². The molecule has 23 heavy (non-hydrogen) atoms. The van der Waals surface area contributed by atoms with Crippen LogP contribution >= 0.6 is 15.9 Å². The van der Waals surface area contributed by atoms with Crippen molar-refractivity contribution in [3.63, 3.8) is 0 Å². The average Bonchev–Trinajstić information content (AvgIpc) is 2.59. The molecular weight excluding hydrogens is 362 g/mol. The minimum atomic E-state index is -0.223. The molecule has 2 amide bonds. The van der Waals surface area contributed by atoms with Gasteiger partial charge in [0.2, 0.25) is 0 Å². The molecule has 0 aliphatic rings. The second-order valence-corrected chi connectivity index (χ2v) is 5.46. The number of nitrogens with one attached hydrogen (secondary N) is 2. The van der Waals surface area contributed by atoms with Crippen molar-refractivity contribution < 1.29 is 14.3 Å². The van der Waals surface area contributed by atoms with Gasteiger partial charge in [0.15, 0.2) is 0 Å². The Bertz CT molecular complexity index is 692. The van der Waals surface area contributed by atoms with Crippen molar-refractivity contribution in [1.82, 2.24) is 15.6 Å². The van der Waals surface area contributed by atoms with E-state index in [1.54, 1.807) is 43.6 Å². The van der Waals surface area contributed by atoms with Crippen LogP contribution in [0.25, 0.3) is 0 Å². The fourth-order valence-electron chi connectivity index (χ4n) is 1.86. The van der Waals surface area contributed by atoms with E-state index >= 15 is 0 Å². The molecule has 2 aromatic rings. The molecule has 1 aromatic carbocycles. The molecule has 0 saturated heterocycles. The number of carbonyl (C=O) groups is 2. The van der Waals surface area contributed by atoms with Gasteiger partial charge >= 0.3 is 0 Å². The Kier molecular flexibility index (Phi) is 6.10. The van der Waals surface area contributed by atoms with E-state index in [-0.39, 0.29) is 11.8 Å². The number of hydrogen-bond acceptors (Lipinski definition) is 4. The quantitative estimate of drug-likeness (QED) is 0.754. The number of pyridine rings is 1. The molecule has 1 aromatic heterocycles. The Morgan fingerprint density at radius 2 is 1.83 bits per heavy atom. The molecule has 0 radical (unpaired) electrons. The predicted octanol–water partition coefficient (Wildman–Crippen LogP) is 2.01. The van der Waals surface area contributed by atoms with Crippen molar-refractivity contribution in [2.24, 2.45) is 0 Å². The van der Waals surface area contributed by atoms with Crippen molar-refractivity contribution in [3.8, 4) is 5.75 Å². The molecule has 1 heterocycles. The Labute approximate surface area is 142 Å². The number of nitrogens with zero attached hydrogens (tertiary/aromatic N) is 1. The summed E-state index contributed by atoms with van der Waals surface area (Å²) in [6.45, 7) is 0.658. The number of amides is 2. The standard InChI is InChI=1S/C16H16BrN3O3/c1-23-14-5-4-11(9-13(14)17)15(21)19-7-8-20-16(22)12-3-2-6-18-10-12/h2-6,9-10H,7-8H2,1H3,(H,19,21)(H,20,22). The van der Waals surface area contributed by atoms with Gasteiger partial charge in [0.1, 0.15) is 5.75 Å². The first-order valence-electron chi connectivity index (χ1n) is 6.92. The largest absolute Gasteiger partial charge is 0.496 e. The molecule has 0 saturated carbocycles. The predicted molar refractivity (Wildman–Crippen MR) is 89.6 cm³/mol. The summed E-state index contributed by atoms with van der Waals surface area (Å²) in [7, 11) is 1.56. The van der Waals surface area contributed by atoms with Gasteiger partial charge in [-0.1, -0.05) is 0 Å². The zero-order valence-electron chi connectivity index (χ0n) is 12.5. The van der Waals surface area contributed by atoms with E-state index in [0.29, 0.717) is 34.4 Å². The number of halogens is 1. The van der Waals surface area contributed by atoms with Gasteiger partial charge in [0.25, 0.3) is 11.8 Å². The summed E-state index contributed by atoms with van der Waals surface area (Å²) in [6, 6.07) is 8.44. The summed E-state index contributed by atoms with van der Waals surface area (Å²) in [5, 5.41) is 5.45. The maximum Gasteiger partial charge on any atom is 0.252 e. The van der Waals surface area contributed by atoms with E-state index in [0.717, 1.165) is 0 Å². The molecule has 0 aliphatic carbocycles. The smallest absolute Gasteiger partial charge is 0.252 e. The van der Waals surface area contributed by atoms with E-state index in [1.165, 1.54) is 6.20 Å². The lowest BCUT2D eigenvalue weighted by Crippen LogP contribution is -2.34. The lowest BCUT2D eigenvalue weighted by molar-refractivity contribution is 0.0927. The third kappa shape index (κ3) is 4.79. The molecule has 120 valence electrons. The minimum absolute atomic E-state index is 0.219. The molecule has 7 heteroatoms. The van der Waals surface area contributed by atoms with Crippen LogP contribution in [0.5, 0.6) is 5.75 Å². The van der Waals surface area contributed by atoms with Gasteiger partial charge in [-0.05, 0) is 46.3 Å². The van der Waals surface area contributed by atoms with Crippen molar-refractivity contribution in [2.75, 3.05) is 20.2 Å². The number of benzene rings is 1. The molecule has 0 atom stereocenters. The average molecular weight is 378 g/mol. The highest BCUT2D eigenvalue weighted by molar-refractivity contribution is 9.10. The van der Waals surface area contributed by atoms with E-state index in [1.807, 2.05) is 0 Å². The molecule has 0 fully saturated rings. The summed E-state index contributed by atoms with van der Waals surface area (Å²) >= 11 is 3.33. The molecule has 0 bridgehead atoms. The zero-order chi connectivity index (χ0) is 16.7. The Balaban J connectivity index is 1.79. The van der Waals surface area contributed by atoms with Crippen molar-refractivity contribution in [2.45, 2.75) is 0 Å². The van der Waals surface area contributed by atoms with Crippen LogP contribution in [-0.4, -0.2) is 37.0 Å². The summed E-state index contributed by atoms with van der Waals surface area (Å²) in [6.07, 6.45) is 3.09. The van der Waals surface area contributed by atoms with Crippen molar-refractivity contribution in [3.05, 3.63) is 58.3 Å². The van der Waals surface area contributed by atoms with Gasteiger partial charge in [-0.3, -0.25) is 14.6 Å². The van der Waals surface area contributed by atoms with Gasteiger partial charge < -0.3 is 15.4 Å². The van der Waals surface area contributed by atoms with Gasteiger partial charge in [-0.25, -0.2) is 0 Å². The van der Waals surface area contributed by atoms with E-state index in [2.05, 4.69) is 31.5 Å². The Morgan fingerprint density at radius 3 is 2.39 bits per heavy atom. The van der Waals surface area contributed by atoms with Gasteiger partial charge in [0.05, 0.1) is 17.1 Å². The lowest BCUT2D eigenvalue weighted by Gasteiger charge is -2.08. The first-order valence-corrected chi connectivity index (χ1v) is 7.71. The molecule has 2 N–H and O–H groups in total. The van der Waals surface area contributed by atoms with Crippen LogP contribution in [0, 0.1) is 0 Å². The highest BCUT2D eigenvalue weighted by Gasteiger charge is 2.09.